The number of rotatable bonds is 4. The molecule has 0 unspecified atom stereocenters. The van der Waals surface area contributed by atoms with E-state index in [1.54, 1.807) is 41.8 Å². The zero-order valence-corrected chi connectivity index (χ0v) is 16.9. The number of hydrogen-bond donors (Lipinski definition) is 2. The molecule has 4 rings (SSSR count). The summed E-state index contributed by atoms with van der Waals surface area (Å²) in [6.45, 7) is 3.00. The van der Waals surface area contributed by atoms with Crippen molar-refractivity contribution in [1.29, 1.82) is 5.26 Å². The highest BCUT2D eigenvalue weighted by molar-refractivity contribution is 6.08. The Hall–Kier alpha value is -3.76. The van der Waals surface area contributed by atoms with Crippen LogP contribution in [-0.2, 0) is 11.3 Å². The highest BCUT2D eigenvalue weighted by Gasteiger charge is 2.32. The summed E-state index contributed by atoms with van der Waals surface area (Å²) in [4.78, 5) is 12.8. The van der Waals surface area contributed by atoms with Crippen molar-refractivity contribution in [3.8, 4) is 6.07 Å². The van der Waals surface area contributed by atoms with E-state index in [-0.39, 0.29) is 6.54 Å². The van der Waals surface area contributed by atoms with Crippen LogP contribution in [0.1, 0.15) is 18.1 Å². The standard InChI is InChI=1S/C24H19F2N3O2/c1-14-9-18(6-3-15(14)12-27)28-23(30)24(2,31)13-29-21-7-4-16(25)10-19(21)20-11-17(26)5-8-22(20)29/h3-11,31H,13H2,1-2H3,(H,28,30)/t24-/m0/s1. The number of aromatic nitrogens is 1. The predicted octanol–water partition coefficient (Wildman–Crippen LogP) is 4.64. The molecule has 0 aliphatic heterocycles. The minimum atomic E-state index is -1.83. The van der Waals surface area contributed by atoms with E-state index in [2.05, 4.69) is 11.4 Å². The number of hydrogen-bond acceptors (Lipinski definition) is 3. The number of nitrogens with one attached hydrogen (secondary N) is 1. The maximum Gasteiger partial charge on any atom is 0.257 e. The van der Waals surface area contributed by atoms with Crippen LogP contribution in [-0.4, -0.2) is 21.2 Å². The molecule has 1 atom stereocenters. The molecule has 4 aromatic rings. The normalized spacial score (nSPS) is 13.2. The van der Waals surface area contributed by atoms with Crippen LogP contribution in [0.5, 0.6) is 0 Å². The van der Waals surface area contributed by atoms with Crippen molar-refractivity contribution >= 4 is 33.4 Å². The van der Waals surface area contributed by atoms with Gasteiger partial charge in [0.15, 0.2) is 5.60 Å². The predicted molar refractivity (Wildman–Crippen MR) is 115 cm³/mol. The van der Waals surface area contributed by atoms with Gasteiger partial charge in [0, 0.05) is 27.5 Å². The summed E-state index contributed by atoms with van der Waals surface area (Å²) < 4.78 is 29.3. The second kappa shape index (κ2) is 7.49. The third kappa shape index (κ3) is 3.74. The zero-order valence-electron chi connectivity index (χ0n) is 16.9. The van der Waals surface area contributed by atoms with Crippen molar-refractivity contribution in [2.45, 2.75) is 26.0 Å². The van der Waals surface area contributed by atoms with Crippen LogP contribution in [0, 0.1) is 29.9 Å². The first-order chi connectivity index (χ1) is 14.7. The molecule has 0 saturated carbocycles. The van der Waals surface area contributed by atoms with Gasteiger partial charge in [-0.15, -0.1) is 0 Å². The molecule has 1 amide bonds. The number of benzene rings is 3. The van der Waals surface area contributed by atoms with Crippen molar-refractivity contribution in [3.05, 3.63) is 77.4 Å². The number of anilines is 1. The van der Waals surface area contributed by atoms with Crippen molar-refractivity contribution in [3.63, 3.8) is 0 Å². The Labute approximate surface area is 177 Å². The zero-order chi connectivity index (χ0) is 22.3. The van der Waals surface area contributed by atoms with E-state index in [9.17, 15) is 18.7 Å². The van der Waals surface area contributed by atoms with Crippen LogP contribution in [0.25, 0.3) is 21.8 Å². The van der Waals surface area contributed by atoms with Gasteiger partial charge in [0.1, 0.15) is 11.6 Å². The third-order valence-corrected chi connectivity index (χ3v) is 5.35. The molecule has 1 aromatic heterocycles. The summed E-state index contributed by atoms with van der Waals surface area (Å²) in [5, 5.41) is 23.7. The van der Waals surface area contributed by atoms with Gasteiger partial charge in [-0.05, 0) is 74.0 Å². The summed E-state index contributed by atoms with van der Waals surface area (Å²) in [7, 11) is 0. The number of carbonyl (C=O) groups is 1. The summed E-state index contributed by atoms with van der Waals surface area (Å²) >= 11 is 0. The Morgan fingerprint density at radius 2 is 1.65 bits per heavy atom. The third-order valence-electron chi connectivity index (χ3n) is 5.35. The van der Waals surface area contributed by atoms with Gasteiger partial charge in [-0.2, -0.15) is 5.26 Å². The van der Waals surface area contributed by atoms with Crippen molar-refractivity contribution in [2.75, 3.05) is 5.32 Å². The van der Waals surface area contributed by atoms with E-state index in [1.165, 1.54) is 31.2 Å². The lowest BCUT2D eigenvalue weighted by Crippen LogP contribution is -2.43. The number of nitriles is 1. The van der Waals surface area contributed by atoms with Crippen LogP contribution in [0.4, 0.5) is 14.5 Å². The molecule has 0 bridgehead atoms. The average molecular weight is 419 g/mol. The van der Waals surface area contributed by atoms with Gasteiger partial charge < -0.3 is 15.0 Å². The minimum absolute atomic E-state index is 0.134. The molecular weight excluding hydrogens is 400 g/mol. The van der Waals surface area contributed by atoms with Gasteiger partial charge in [-0.1, -0.05) is 0 Å². The number of aliphatic hydroxyl groups is 1. The van der Waals surface area contributed by atoms with E-state index in [1.807, 2.05) is 0 Å². The first-order valence-electron chi connectivity index (χ1n) is 9.61. The lowest BCUT2D eigenvalue weighted by Gasteiger charge is -2.24. The first-order valence-corrected chi connectivity index (χ1v) is 9.61. The summed E-state index contributed by atoms with van der Waals surface area (Å²) in [6.07, 6.45) is 0. The molecule has 7 heteroatoms. The van der Waals surface area contributed by atoms with Crippen LogP contribution < -0.4 is 5.32 Å². The Kier molecular flexibility index (Phi) is 4.96. The van der Waals surface area contributed by atoms with E-state index in [0.717, 1.165) is 0 Å². The van der Waals surface area contributed by atoms with Crippen LogP contribution in [0.2, 0.25) is 0 Å². The van der Waals surface area contributed by atoms with E-state index < -0.39 is 23.1 Å². The number of amides is 1. The Morgan fingerprint density at radius 3 is 2.16 bits per heavy atom. The topological polar surface area (TPSA) is 78.0 Å². The fourth-order valence-corrected chi connectivity index (χ4v) is 3.73. The Morgan fingerprint density at radius 1 is 1.06 bits per heavy atom. The van der Waals surface area contributed by atoms with Gasteiger partial charge in [-0.25, -0.2) is 8.78 Å². The smallest absolute Gasteiger partial charge is 0.257 e. The molecule has 0 radical (unpaired) electrons. The second-order valence-electron chi connectivity index (χ2n) is 7.78. The molecule has 5 nitrogen and oxygen atoms in total. The quantitative estimate of drug-likeness (QED) is 0.506. The van der Waals surface area contributed by atoms with Gasteiger partial charge in [0.2, 0.25) is 0 Å². The van der Waals surface area contributed by atoms with Crippen molar-refractivity contribution < 1.29 is 18.7 Å². The monoisotopic (exact) mass is 419 g/mol. The maximum absolute atomic E-state index is 13.8. The van der Waals surface area contributed by atoms with Gasteiger partial charge in [0.05, 0.1) is 18.2 Å². The molecule has 31 heavy (non-hydrogen) atoms. The molecule has 3 aromatic carbocycles. The highest BCUT2D eigenvalue weighted by Crippen LogP contribution is 2.31. The summed E-state index contributed by atoms with van der Waals surface area (Å²) in [5.74, 6) is -1.57. The van der Waals surface area contributed by atoms with Crippen molar-refractivity contribution in [1.82, 2.24) is 4.57 Å². The van der Waals surface area contributed by atoms with E-state index in [0.29, 0.717) is 38.6 Å². The number of halogens is 2. The van der Waals surface area contributed by atoms with Gasteiger partial charge in [0.25, 0.3) is 5.91 Å². The number of fused-ring (bicyclic) bond motifs is 3. The number of nitrogens with zero attached hydrogens (tertiary/aromatic N) is 2. The molecule has 0 aliphatic carbocycles. The molecule has 0 saturated heterocycles. The number of aryl methyl sites for hydroxylation is 1. The van der Waals surface area contributed by atoms with E-state index in [4.69, 9.17) is 5.26 Å². The van der Waals surface area contributed by atoms with Crippen LogP contribution in [0.15, 0.2) is 54.6 Å². The lowest BCUT2D eigenvalue weighted by molar-refractivity contribution is -0.133. The van der Waals surface area contributed by atoms with Crippen LogP contribution in [0.3, 0.4) is 0 Å². The van der Waals surface area contributed by atoms with E-state index >= 15 is 0 Å². The fraction of sp³-hybridized carbons (Fsp3) is 0.167. The van der Waals surface area contributed by atoms with Gasteiger partial charge in [-0.3, -0.25) is 4.79 Å². The maximum atomic E-state index is 13.8. The molecular formula is C24H19F2N3O2. The summed E-state index contributed by atoms with van der Waals surface area (Å²) in [6, 6.07) is 15.2. The highest BCUT2D eigenvalue weighted by atomic mass is 19.1. The Balaban J connectivity index is 1.71. The Bertz CT molecular complexity index is 1320. The molecule has 0 spiro atoms. The molecule has 156 valence electrons. The SMILES string of the molecule is Cc1cc(NC(=O)[C@@](C)(O)Cn2c3ccc(F)cc3c3cc(F)ccc32)ccc1C#N. The minimum Gasteiger partial charge on any atom is -0.378 e. The largest absolute Gasteiger partial charge is 0.378 e. The average Bonchev–Trinajstić information content (AvgIpc) is 3.00. The molecule has 0 fully saturated rings. The lowest BCUT2D eigenvalue weighted by atomic mass is 10.0. The van der Waals surface area contributed by atoms with Crippen LogP contribution >= 0.6 is 0 Å². The molecule has 0 aliphatic rings. The first kappa shape index (κ1) is 20.5. The van der Waals surface area contributed by atoms with Crippen molar-refractivity contribution in [2.24, 2.45) is 0 Å². The molecule has 2 N–H and O–H groups in total. The van der Waals surface area contributed by atoms with Gasteiger partial charge >= 0.3 is 0 Å². The molecule has 1 heterocycles. The second-order valence-corrected chi connectivity index (χ2v) is 7.78. The summed E-state index contributed by atoms with van der Waals surface area (Å²) in [5.41, 5.74) is 0.964. The fourth-order valence-electron chi connectivity index (χ4n) is 3.73. The number of carbonyl (C=O) groups excluding carboxylic acids is 1.